The summed E-state index contributed by atoms with van der Waals surface area (Å²) in [5.74, 6) is 0.0540. The van der Waals surface area contributed by atoms with E-state index in [4.69, 9.17) is 4.74 Å². The summed E-state index contributed by atoms with van der Waals surface area (Å²) in [7, 11) is 0. The number of hydrogen-bond donors (Lipinski definition) is 2. The first kappa shape index (κ1) is 38.0. The Kier molecular flexibility index (Phi) is 17.7. The number of halogens is 1. The molecule has 0 bridgehead atoms. The van der Waals surface area contributed by atoms with E-state index in [1.165, 1.54) is 0 Å². The topological polar surface area (TPSA) is 84.7 Å². The van der Waals surface area contributed by atoms with Gasteiger partial charge in [-0.2, -0.15) is 0 Å². The minimum Gasteiger partial charge on any atom is -0.380 e. The first-order valence-corrected chi connectivity index (χ1v) is 16.1. The molecular formula is C36H50IN3O3. The van der Waals surface area contributed by atoms with Gasteiger partial charge in [-0.1, -0.05) is 88.4 Å². The lowest BCUT2D eigenvalue weighted by Crippen LogP contribution is -2.47. The molecule has 43 heavy (non-hydrogen) atoms. The number of para-hydroxylation sites is 2. The van der Waals surface area contributed by atoms with E-state index in [2.05, 4.69) is 48.4 Å². The van der Waals surface area contributed by atoms with E-state index < -0.39 is 6.04 Å². The molecule has 1 aliphatic carbocycles. The summed E-state index contributed by atoms with van der Waals surface area (Å²) in [6.45, 7) is 19.5. The maximum Gasteiger partial charge on any atom is 0.224 e. The fraction of sp³-hybridized carbons (Fsp3) is 0.389. The number of ketones is 1. The van der Waals surface area contributed by atoms with Crippen LogP contribution in [0.5, 0.6) is 0 Å². The summed E-state index contributed by atoms with van der Waals surface area (Å²) in [4.78, 5) is 28.7. The second-order valence-electron chi connectivity index (χ2n) is 10.7. The van der Waals surface area contributed by atoms with Crippen molar-refractivity contribution in [3.63, 3.8) is 0 Å². The summed E-state index contributed by atoms with van der Waals surface area (Å²) in [6, 6.07) is 17.5. The fourth-order valence-corrected chi connectivity index (χ4v) is 5.47. The van der Waals surface area contributed by atoms with Crippen LogP contribution in [-0.2, 0) is 20.9 Å². The van der Waals surface area contributed by atoms with Gasteiger partial charge in [-0.15, -0.1) is 13.2 Å². The number of nitrogens with one attached hydrogen (secondary N) is 1. The molecule has 1 heterocycles. The molecule has 0 saturated carbocycles. The van der Waals surface area contributed by atoms with Gasteiger partial charge in [0.05, 0.1) is 30.6 Å². The Morgan fingerprint density at radius 3 is 2.33 bits per heavy atom. The van der Waals surface area contributed by atoms with Crippen molar-refractivity contribution < 1.29 is 14.3 Å². The number of amides is 1. The highest BCUT2D eigenvalue weighted by molar-refractivity contribution is 14.1. The second kappa shape index (κ2) is 20.0. The van der Waals surface area contributed by atoms with E-state index in [0.717, 1.165) is 40.1 Å². The van der Waals surface area contributed by atoms with Crippen LogP contribution in [0.4, 0.5) is 11.4 Å². The van der Waals surface area contributed by atoms with Gasteiger partial charge in [-0.3, -0.25) is 18.4 Å². The summed E-state index contributed by atoms with van der Waals surface area (Å²) >= 11 is 1.65. The van der Waals surface area contributed by atoms with E-state index in [9.17, 15) is 9.59 Å². The molecule has 0 saturated heterocycles. The Labute approximate surface area is 273 Å². The highest BCUT2D eigenvalue weighted by Crippen LogP contribution is 2.44. The van der Waals surface area contributed by atoms with Gasteiger partial charge in [0, 0.05) is 48.3 Å². The largest absolute Gasteiger partial charge is 0.380 e. The van der Waals surface area contributed by atoms with Crippen LogP contribution in [0, 0.1) is 5.41 Å². The smallest absolute Gasteiger partial charge is 0.224 e. The van der Waals surface area contributed by atoms with Crippen LogP contribution < -0.4 is 14.2 Å². The molecule has 1 unspecified atom stereocenters. The first-order chi connectivity index (χ1) is 20.8. The maximum absolute atomic E-state index is 13.7. The molecule has 1 amide bonds. The molecule has 3 N–H and O–H groups in total. The second-order valence-corrected chi connectivity index (χ2v) is 10.7. The van der Waals surface area contributed by atoms with Gasteiger partial charge in [0.2, 0.25) is 5.91 Å². The number of benzene rings is 2. The van der Waals surface area contributed by atoms with E-state index in [1.54, 1.807) is 29.8 Å². The highest BCUT2D eigenvalue weighted by Gasteiger charge is 2.41. The molecule has 0 aromatic heterocycles. The number of fused-ring (bicyclic) bond motifs is 1. The Bertz CT molecular complexity index is 1250. The van der Waals surface area contributed by atoms with Gasteiger partial charge in [0.25, 0.3) is 0 Å². The van der Waals surface area contributed by atoms with Crippen LogP contribution in [-0.4, -0.2) is 30.9 Å². The Hall–Kier alpha value is -3.01. The summed E-state index contributed by atoms with van der Waals surface area (Å²) in [5, 5.41) is 3.51. The Morgan fingerprint density at radius 1 is 1.07 bits per heavy atom. The van der Waals surface area contributed by atoms with Crippen LogP contribution in [0.15, 0.2) is 103 Å². The average Bonchev–Trinajstić information content (AvgIpc) is 3.01. The number of hydrogen-bond acceptors (Lipinski definition) is 5. The Balaban J connectivity index is 0.00000145. The summed E-state index contributed by atoms with van der Waals surface area (Å²) in [6.07, 6.45) is 8.10. The van der Waals surface area contributed by atoms with Crippen molar-refractivity contribution >= 4 is 45.9 Å². The predicted molar refractivity (Wildman–Crippen MR) is 191 cm³/mol. The van der Waals surface area contributed by atoms with Crippen molar-refractivity contribution in [2.45, 2.75) is 73.5 Å². The molecular weight excluding hydrogens is 649 g/mol. The van der Waals surface area contributed by atoms with E-state index in [1.807, 2.05) is 86.3 Å². The van der Waals surface area contributed by atoms with Gasteiger partial charge >= 0.3 is 0 Å². The lowest BCUT2D eigenvalue weighted by molar-refractivity contribution is -0.118. The molecule has 0 spiro atoms. The molecule has 4 rings (SSSR count). The van der Waals surface area contributed by atoms with Gasteiger partial charge in [0.15, 0.2) is 5.78 Å². The van der Waals surface area contributed by atoms with Gasteiger partial charge in [-0.25, -0.2) is 0 Å². The van der Waals surface area contributed by atoms with Crippen molar-refractivity contribution in [3.8, 4) is 0 Å². The number of nitrogens with two attached hydrogens (primary N) is 1. The molecule has 1 aliphatic heterocycles. The first-order valence-electron chi connectivity index (χ1n) is 14.8. The van der Waals surface area contributed by atoms with E-state index in [0.29, 0.717) is 32.6 Å². The van der Waals surface area contributed by atoms with Crippen molar-refractivity contribution in [3.05, 3.63) is 108 Å². The number of anilines is 2. The maximum atomic E-state index is 13.7. The van der Waals surface area contributed by atoms with Crippen LogP contribution in [0.2, 0.25) is 0 Å². The monoisotopic (exact) mass is 699 g/mol. The zero-order valence-electron chi connectivity index (χ0n) is 26.8. The molecule has 0 fully saturated rings. The molecule has 234 valence electrons. The molecule has 0 radical (unpaired) electrons. The molecule has 7 heteroatoms. The zero-order valence-corrected chi connectivity index (χ0v) is 28.9. The van der Waals surface area contributed by atoms with Crippen molar-refractivity contribution in [2.24, 2.45) is 9.36 Å². The fourth-order valence-electron chi connectivity index (χ4n) is 5.47. The SMILES string of the molecule is C/C=C(\C/C=C\COCc1ccccc1)C1C2=C(CNc3ccccc3N1C(C)=O)CC(C)(C)CC2=O.C=C.CC.NI. The van der Waals surface area contributed by atoms with Crippen LogP contribution in [0.3, 0.4) is 0 Å². The standard InChI is InChI=1S/C32H38N2O3.C2H6.C2H4.H2IN/c1-5-25(15-11-12-18-37-22-24-13-7-6-8-14-24)31-30-26(19-32(3,4)20-29(30)36)21-33-27-16-9-10-17-28(27)34(31)23(2)35;3*1-2/h5-14,16-17,31,33H,15,18-22H2,1-4H3;1-2H3;1-2H2;2H2/b12-11-,25-5+;;;. The number of allylic oxidation sites excluding steroid dienone is 2. The van der Waals surface area contributed by atoms with Crippen molar-refractivity contribution in [1.82, 2.24) is 0 Å². The third-order valence-electron chi connectivity index (χ3n) is 7.11. The zero-order chi connectivity index (χ0) is 32.4. The lowest BCUT2D eigenvalue weighted by atomic mass is 9.70. The molecule has 2 aliphatic rings. The number of nitrogens with zero attached hydrogens (tertiary/aromatic N) is 1. The highest BCUT2D eigenvalue weighted by atomic mass is 127. The van der Waals surface area contributed by atoms with Crippen molar-refractivity contribution in [2.75, 3.05) is 23.4 Å². The average molecular weight is 700 g/mol. The summed E-state index contributed by atoms with van der Waals surface area (Å²) < 4.78 is 10.3. The summed E-state index contributed by atoms with van der Waals surface area (Å²) in [5.41, 5.74) is 5.66. The van der Waals surface area contributed by atoms with E-state index in [-0.39, 0.29) is 17.1 Å². The van der Waals surface area contributed by atoms with Gasteiger partial charge in [0.1, 0.15) is 0 Å². The van der Waals surface area contributed by atoms with Crippen LogP contribution >= 0.6 is 22.9 Å². The molecule has 2 aromatic carbocycles. The van der Waals surface area contributed by atoms with Gasteiger partial charge in [-0.05, 0) is 54.0 Å². The lowest BCUT2D eigenvalue weighted by Gasteiger charge is -2.42. The number of carbonyl (C=O) groups excluding carboxylic acids is 2. The number of ether oxygens (including phenoxy) is 1. The minimum absolute atomic E-state index is 0.0832. The third kappa shape index (κ3) is 10.9. The predicted octanol–water partition coefficient (Wildman–Crippen LogP) is 8.75. The number of carbonyl (C=O) groups is 2. The molecule has 1 atom stereocenters. The van der Waals surface area contributed by atoms with Gasteiger partial charge < -0.3 is 10.1 Å². The third-order valence-corrected chi connectivity index (χ3v) is 7.11. The molecule has 2 aromatic rings. The van der Waals surface area contributed by atoms with Crippen LogP contribution in [0.25, 0.3) is 0 Å². The quantitative estimate of drug-likeness (QED) is 0.131. The minimum atomic E-state index is -0.431. The molecule has 6 nitrogen and oxygen atoms in total. The van der Waals surface area contributed by atoms with E-state index >= 15 is 0 Å². The normalized spacial score (nSPS) is 17.3. The van der Waals surface area contributed by atoms with Crippen LogP contribution in [0.1, 0.15) is 66.4 Å². The Morgan fingerprint density at radius 2 is 1.70 bits per heavy atom. The number of rotatable bonds is 7. The van der Waals surface area contributed by atoms with Crippen molar-refractivity contribution in [1.29, 1.82) is 0 Å². The number of Topliss-reactive ketones (excluding diaryl/α,β-unsaturated/α-hetero) is 1.